The Bertz CT molecular complexity index is 209. The van der Waals surface area contributed by atoms with Gasteiger partial charge in [-0.3, -0.25) is 9.59 Å². The van der Waals surface area contributed by atoms with Crippen LogP contribution in [-0.4, -0.2) is 38.0 Å². The van der Waals surface area contributed by atoms with Crippen molar-refractivity contribution in [1.82, 2.24) is 10.6 Å². The fourth-order valence-corrected chi connectivity index (χ4v) is 1.18. The standard InChI is InChI=1S/C10H22N4O2/c11-4-3-6-13-5-1-2-7-14-10(16)8-9(12)15/h13H,1-8,11H2,(H2,12,15)(H,14,16). The monoisotopic (exact) mass is 230 g/mol. The van der Waals surface area contributed by atoms with Gasteiger partial charge in [-0.1, -0.05) is 0 Å². The van der Waals surface area contributed by atoms with Crippen molar-refractivity contribution in [1.29, 1.82) is 0 Å². The minimum Gasteiger partial charge on any atom is -0.369 e. The molecule has 94 valence electrons. The van der Waals surface area contributed by atoms with E-state index in [1.54, 1.807) is 0 Å². The van der Waals surface area contributed by atoms with E-state index in [2.05, 4.69) is 10.6 Å². The quantitative estimate of drug-likeness (QED) is 0.276. The number of nitrogens with one attached hydrogen (secondary N) is 2. The van der Waals surface area contributed by atoms with Crippen LogP contribution >= 0.6 is 0 Å². The van der Waals surface area contributed by atoms with Crippen molar-refractivity contribution < 1.29 is 9.59 Å². The SMILES string of the molecule is NCCCNCCCCNC(=O)CC(N)=O. The molecule has 0 heterocycles. The third-order valence-corrected chi connectivity index (χ3v) is 1.99. The molecule has 0 radical (unpaired) electrons. The molecule has 0 rings (SSSR count). The number of hydrogen-bond donors (Lipinski definition) is 4. The molecule has 0 aromatic carbocycles. The summed E-state index contributed by atoms with van der Waals surface area (Å²) in [6.07, 6.45) is 2.63. The molecule has 6 nitrogen and oxygen atoms in total. The molecule has 0 aliphatic carbocycles. The van der Waals surface area contributed by atoms with Crippen LogP contribution in [-0.2, 0) is 9.59 Å². The van der Waals surface area contributed by atoms with Gasteiger partial charge in [-0.15, -0.1) is 0 Å². The molecule has 0 fully saturated rings. The highest BCUT2D eigenvalue weighted by Crippen LogP contribution is 1.86. The molecule has 0 aromatic heterocycles. The van der Waals surface area contributed by atoms with Gasteiger partial charge in [0.1, 0.15) is 6.42 Å². The van der Waals surface area contributed by atoms with Crippen LogP contribution in [0.2, 0.25) is 0 Å². The fourth-order valence-electron chi connectivity index (χ4n) is 1.18. The van der Waals surface area contributed by atoms with Crippen LogP contribution in [0.25, 0.3) is 0 Å². The molecular weight excluding hydrogens is 208 g/mol. The third-order valence-electron chi connectivity index (χ3n) is 1.99. The van der Waals surface area contributed by atoms with E-state index >= 15 is 0 Å². The summed E-state index contributed by atoms with van der Waals surface area (Å²) in [7, 11) is 0. The van der Waals surface area contributed by atoms with Crippen molar-refractivity contribution >= 4 is 11.8 Å². The highest BCUT2D eigenvalue weighted by atomic mass is 16.2. The van der Waals surface area contributed by atoms with Crippen LogP contribution in [0.4, 0.5) is 0 Å². The van der Waals surface area contributed by atoms with Crippen LogP contribution < -0.4 is 22.1 Å². The molecule has 2 amide bonds. The number of unbranched alkanes of at least 4 members (excludes halogenated alkanes) is 1. The first-order valence-electron chi connectivity index (χ1n) is 5.62. The summed E-state index contributed by atoms with van der Waals surface area (Å²) < 4.78 is 0. The summed E-state index contributed by atoms with van der Waals surface area (Å²) in [5, 5.41) is 5.87. The molecular formula is C10H22N4O2. The minimum atomic E-state index is -0.596. The van der Waals surface area contributed by atoms with E-state index < -0.39 is 5.91 Å². The topological polar surface area (TPSA) is 110 Å². The number of carbonyl (C=O) groups excluding carboxylic acids is 2. The number of amides is 2. The number of carbonyl (C=O) groups is 2. The zero-order chi connectivity index (χ0) is 12.2. The van der Waals surface area contributed by atoms with Crippen LogP contribution in [0.3, 0.4) is 0 Å². The van der Waals surface area contributed by atoms with E-state index in [0.717, 1.165) is 32.4 Å². The van der Waals surface area contributed by atoms with Gasteiger partial charge in [-0.05, 0) is 38.9 Å². The average molecular weight is 230 g/mol. The molecule has 0 aliphatic heterocycles. The molecule has 6 N–H and O–H groups in total. The zero-order valence-corrected chi connectivity index (χ0v) is 9.63. The molecule has 0 aliphatic rings. The van der Waals surface area contributed by atoms with Gasteiger partial charge in [0.05, 0.1) is 0 Å². The number of hydrogen-bond acceptors (Lipinski definition) is 4. The Kier molecular flexibility index (Phi) is 9.64. The predicted molar refractivity (Wildman–Crippen MR) is 62.6 cm³/mol. The van der Waals surface area contributed by atoms with E-state index in [0.29, 0.717) is 13.1 Å². The Morgan fingerprint density at radius 1 is 1.00 bits per heavy atom. The Hall–Kier alpha value is -1.14. The Morgan fingerprint density at radius 2 is 1.62 bits per heavy atom. The molecule has 0 spiro atoms. The summed E-state index contributed by atoms with van der Waals surface area (Å²) in [6.45, 7) is 3.15. The maximum atomic E-state index is 11.0. The normalized spacial score (nSPS) is 10.1. The number of rotatable bonds is 10. The molecule has 0 aromatic rings. The van der Waals surface area contributed by atoms with Crippen LogP contribution in [0.15, 0.2) is 0 Å². The van der Waals surface area contributed by atoms with Gasteiger partial charge >= 0.3 is 0 Å². The second kappa shape index (κ2) is 10.4. The smallest absolute Gasteiger partial charge is 0.229 e. The molecule has 6 heteroatoms. The number of primary amides is 1. The van der Waals surface area contributed by atoms with Crippen molar-refractivity contribution in [2.75, 3.05) is 26.2 Å². The Labute approximate surface area is 96.1 Å². The van der Waals surface area contributed by atoms with E-state index in [9.17, 15) is 9.59 Å². The van der Waals surface area contributed by atoms with Gasteiger partial charge in [-0.25, -0.2) is 0 Å². The Balaban J connectivity index is 3.14. The minimum absolute atomic E-state index is 0.227. The van der Waals surface area contributed by atoms with Crippen LogP contribution in [0.1, 0.15) is 25.7 Å². The van der Waals surface area contributed by atoms with Crippen molar-refractivity contribution in [3.8, 4) is 0 Å². The van der Waals surface area contributed by atoms with E-state index in [1.807, 2.05) is 0 Å². The lowest BCUT2D eigenvalue weighted by Crippen LogP contribution is -2.29. The van der Waals surface area contributed by atoms with Crippen LogP contribution in [0.5, 0.6) is 0 Å². The highest BCUT2D eigenvalue weighted by molar-refractivity contribution is 5.95. The maximum absolute atomic E-state index is 11.0. The maximum Gasteiger partial charge on any atom is 0.229 e. The van der Waals surface area contributed by atoms with Gasteiger partial charge in [0.2, 0.25) is 11.8 Å². The molecule has 0 saturated carbocycles. The first-order chi connectivity index (χ1) is 7.66. The lowest BCUT2D eigenvalue weighted by Gasteiger charge is -2.05. The Morgan fingerprint density at radius 3 is 2.25 bits per heavy atom. The van der Waals surface area contributed by atoms with Gasteiger partial charge in [-0.2, -0.15) is 0 Å². The summed E-state index contributed by atoms with van der Waals surface area (Å²) in [5.74, 6) is -0.899. The molecule has 0 unspecified atom stereocenters. The summed E-state index contributed by atoms with van der Waals surface area (Å²) in [6, 6.07) is 0. The zero-order valence-electron chi connectivity index (χ0n) is 9.63. The number of nitrogens with two attached hydrogens (primary N) is 2. The molecule has 16 heavy (non-hydrogen) atoms. The largest absolute Gasteiger partial charge is 0.369 e. The van der Waals surface area contributed by atoms with E-state index in [4.69, 9.17) is 11.5 Å². The summed E-state index contributed by atoms with van der Waals surface area (Å²) in [4.78, 5) is 21.4. The van der Waals surface area contributed by atoms with Crippen molar-refractivity contribution in [2.24, 2.45) is 11.5 Å². The second-order valence-electron chi connectivity index (χ2n) is 3.59. The second-order valence-corrected chi connectivity index (χ2v) is 3.59. The van der Waals surface area contributed by atoms with Gasteiger partial charge in [0, 0.05) is 6.54 Å². The molecule has 0 atom stereocenters. The lowest BCUT2D eigenvalue weighted by atomic mass is 10.3. The summed E-state index contributed by atoms with van der Waals surface area (Å²) >= 11 is 0. The van der Waals surface area contributed by atoms with Crippen molar-refractivity contribution in [3.63, 3.8) is 0 Å². The first kappa shape index (κ1) is 14.9. The van der Waals surface area contributed by atoms with Crippen molar-refractivity contribution in [3.05, 3.63) is 0 Å². The predicted octanol–water partition coefficient (Wildman–Crippen LogP) is -1.30. The van der Waals surface area contributed by atoms with Gasteiger partial charge in [0.15, 0.2) is 0 Å². The van der Waals surface area contributed by atoms with E-state index in [1.165, 1.54) is 0 Å². The fraction of sp³-hybridized carbons (Fsp3) is 0.800. The molecule has 0 bridgehead atoms. The van der Waals surface area contributed by atoms with Crippen LogP contribution in [0, 0.1) is 0 Å². The average Bonchev–Trinajstić information content (AvgIpc) is 2.21. The van der Waals surface area contributed by atoms with Crippen molar-refractivity contribution in [2.45, 2.75) is 25.7 Å². The van der Waals surface area contributed by atoms with Gasteiger partial charge < -0.3 is 22.1 Å². The van der Waals surface area contributed by atoms with Gasteiger partial charge in [0.25, 0.3) is 0 Å². The third kappa shape index (κ3) is 10.9. The highest BCUT2D eigenvalue weighted by Gasteiger charge is 2.03. The first-order valence-corrected chi connectivity index (χ1v) is 5.62. The van der Waals surface area contributed by atoms with E-state index in [-0.39, 0.29) is 12.3 Å². The summed E-state index contributed by atoms with van der Waals surface area (Å²) in [5.41, 5.74) is 10.2. The lowest BCUT2D eigenvalue weighted by molar-refractivity contribution is -0.127. The molecule has 0 saturated heterocycles.